The maximum atomic E-state index is 10.5. The maximum Gasteiger partial charge on any atom is 0.232 e. The quantitative estimate of drug-likeness (QED) is 0.219. The Balaban J connectivity index is 2.13. The first-order chi connectivity index (χ1) is 9.22. The fourth-order valence-electron chi connectivity index (χ4n) is 1.32. The minimum Gasteiger partial charge on any atom is -0.296 e. The van der Waals surface area contributed by atoms with Crippen molar-refractivity contribution in [1.82, 2.24) is 15.6 Å². The molecule has 0 aliphatic carbocycles. The summed E-state index contributed by atoms with van der Waals surface area (Å²) >= 11 is 3.32. The third-order valence-electron chi connectivity index (χ3n) is 2.15. The molecule has 1 aromatic heterocycles. The van der Waals surface area contributed by atoms with Gasteiger partial charge in [-0.15, -0.1) is 17.8 Å². The molecular formula is C11H16N4O2S2. The van der Waals surface area contributed by atoms with Crippen LogP contribution >= 0.6 is 23.1 Å². The second-order valence-electron chi connectivity index (χ2n) is 3.64. The van der Waals surface area contributed by atoms with Crippen LogP contribution in [0.4, 0.5) is 0 Å². The number of terminal acetylenes is 1. The van der Waals surface area contributed by atoms with Gasteiger partial charge in [-0.2, -0.15) is 11.8 Å². The van der Waals surface area contributed by atoms with Crippen molar-refractivity contribution < 1.29 is 4.92 Å². The van der Waals surface area contributed by atoms with Crippen LogP contribution < -0.4 is 10.6 Å². The van der Waals surface area contributed by atoms with Gasteiger partial charge < -0.3 is 0 Å². The number of thioether (sulfide) groups is 1. The molecule has 104 valence electrons. The fourth-order valence-corrected chi connectivity index (χ4v) is 2.76. The molecule has 19 heavy (non-hydrogen) atoms. The lowest BCUT2D eigenvalue weighted by Gasteiger charge is -2.14. The van der Waals surface area contributed by atoms with E-state index in [1.54, 1.807) is 23.1 Å². The predicted octanol–water partition coefficient (Wildman–Crippen LogP) is 0.791. The molecule has 0 saturated carbocycles. The zero-order chi connectivity index (χ0) is 13.9. The normalized spacial score (nSPS) is 11.9. The SMILES string of the molecule is C#CCNC(C[N+](=O)[O-])NCCSCc1cscn1. The topological polar surface area (TPSA) is 80.1 Å². The van der Waals surface area contributed by atoms with Gasteiger partial charge >= 0.3 is 0 Å². The first-order valence-electron chi connectivity index (χ1n) is 5.69. The molecule has 0 aromatic carbocycles. The molecule has 2 N–H and O–H groups in total. The minimum absolute atomic E-state index is 0.182. The van der Waals surface area contributed by atoms with Crippen LogP contribution in [0.3, 0.4) is 0 Å². The highest BCUT2D eigenvalue weighted by molar-refractivity contribution is 7.98. The predicted molar refractivity (Wildman–Crippen MR) is 78.8 cm³/mol. The molecule has 0 aliphatic rings. The maximum absolute atomic E-state index is 10.5. The number of rotatable bonds is 10. The van der Waals surface area contributed by atoms with Gasteiger partial charge in [0.15, 0.2) is 0 Å². The van der Waals surface area contributed by atoms with Gasteiger partial charge in [0, 0.05) is 28.4 Å². The fraction of sp³-hybridized carbons (Fsp3) is 0.545. The van der Waals surface area contributed by atoms with E-state index < -0.39 is 0 Å². The molecular weight excluding hydrogens is 284 g/mol. The van der Waals surface area contributed by atoms with E-state index in [1.807, 2.05) is 10.9 Å². The largest absolute Gasteiger partial charge is 0.296 e. The molecule has 6 nitrogen and oxygen atoms in total. The molecule has 8 heteroatoms. The second-order valence-corrected chi connectivity index (χ2v) is 5.46. The summed E-state index contributed by atoms with van der Waals surface area (Å²) in [5, 5.41) is 18.5. The third-order valence-corrected chi connectivity index (χ3v) is 3.78. The van der Waals surface area contributed by atoms with E-state index in [-0.39, 0.29) is 17.6 Å². The van der Waals surface area contributed by atoms with Crippen LogP contribution in [0.25, 0.3) is 0 Å². The van der Waals surface area contributed by atoms with E-state index in [4.69, 9.17) is 6.42 Å². The van der Waals surface area contributed by atoms with Crippen LogP contribution in [0.2, 0.25) is 0 Å². The Bertz CT molecular complexity index is 405. The number of hydrogen-bond acceptors (Lipinski definition) is 7. The zero-order valence-electron chi connectivity index (χ0n) is 10.4. The van der Waals surface area contributed by atoms with Gasteiger partial charge in [-0.05, 0) is 0 Å². The monoisotopic (exact) mass is 300 g/mol. The molecule has 1 rings (SSSR count). The van der Waals surface area contributed by atoms with E-state index in [9.17, 15) is 10.1 Å². The summed E-state index contributed by atoms with van der Waals surface area (Å²) in [7, 11) is 0. The molecule has 0 amide bonds. The van der Waals surface area contributed by atoms with Crippen LogP contribution in [0.15, 0.2) is 10.9 Å². The summed E-state index contributed by atoms with van der Waals surface area (Å²) in [4.78, 5) is 14.3. The lowest BCUT2D eigenvalue weighted by atomic mass is 10.4. The van der Waals surface area contributed by atoms with Gasteiger partial charge in [-0.25, -0.2) is 4.98 Å². The van der Waals surface area contributed by atoms with Crippen LogP contribution in [-0.4, -0.2) is 41.5 Å². The smallest absolute Gasteiger partial charge is 0.232 e. The molecule has 0 bridgehead atoms. The van der Waals surface area contributed by atoms with E-state index in [1.165, 1.54) is 0 Å². The lowest BCUT2D eigenvalue weighted by molar-refractivity contribution is -0.484. The van der Waals surface area contributed by atoms with Gasteiger partial charge in [0.05, 0.1) is 17.7 Å². The average molecular weight is 300 g/mol. The van der Waals surface area contributed by atoms with Crippen molar-refractivity contribution in [1.29, 1.82) is 0 Å². The Morgan fingerprint density at radius 3 is 3.11 bits per heavy atom. The molecule has 1 heterocycles. The zero-order valence-corrected chi connectivity index (χ0v) is 12.0. The Kier molecular flexibility index (Phi) is 8.16. The molecule has 1 aromatic rings. The van der Waals surface area contributed by atoms with Crippen LogP contribution in [0, 0.1) is 22.5 Å². The van der Waals surface area contributed by atoms with Gasteiger partial charge in [0.2, 0.25) is 6.54 Å². The van der Waals surface area contributed by atoms with Crippen molar-refractivity contribution in [3.8, 4) is 12.3 Å². The number of aromatic nitrogens is 1. The van der Waals surface area contributed by atoms with Gasteiger partial charge in [0.1, 0.15) is 6.17 Å². The number of thiazole rings is 1. The van der Waals surface area contributed by atoms with E-state index in [0.717, 1.165) is 17.2 Å². The summed E-state index contributed by atoms with van der Waals surface area (Å²) in [6.45, 7) is 0.820. The Hall–Kier alpha value is -1.14. The van der Waals surface area contributed by atoms with Crippen LogP contribution in [0.5, 0.6) is 0 Å². The number of hydrogen-bond donors (Lipinski definition) is 2. The lowest BCUT2D eigenvalue weighted by Crippen LogP contribution is -2.47. The first-order valence-corrected chi connectivity index (χ1v) is 7.79. The second kappa shape index (κ2) is 9.75. The van der Waals surface area contributed by atoms with E-state index >= 15 is 0 Å². The van der Waals surface area contributed by atoms with Gasteiger partial charge in [-0.3, -0.25) is 20.7 Å². The molecule has 0 aliphatic heterocycles. The molecule has 1 atom stereocenters. The molecule has 1 unspecified atom stereocenters. The highest BCUT2D eigenvalue weighted by Gasteiger charge is 2.12. The van der Waals surface area contributed by atoms with Crippen molar-refractivity contribution in [2.45, 2.75) is 11.9 Å². The van der Waals surface area contributed by atoms with Gasteiger partial charge in [-0.1, -0.05) is 5.92 Å². The van der Waals surface area contributed by atoms with E-state index in [2.05, 4.69) is 21.5 Å². The number of nitro groups is 1. The minimum atomic E-state index is -0.383. The average Bonchev–Trinajstić information content (AvgIpc) is 2.87. The van der Waals surface area contributed by atoms with Crippen molar-refractivity contribution >= 4 is 23.1 Å². The van der Waals surface area contributed by atoms with Gasteiger partial charge in [0.25, 0.3) is 0 Å². The summed E-state index contributed by atoms with van der Waals surface area (Å²) in [6.07, 6.45) is 4.73. The van der Waals surface area contributed by atoms with Crippen LogP contribution in [-0.2, 0) is 5.75 Å². The Labute approximate surface area is 120 Å². The van der Waals surface area contributed by atoms with Crippen LogP contribution in [0.1, 0.15) is 5.69 Å². The summed E-state index contributed by atoms with van der Waals surface area (Å²) in [6, 6.07) is 0. The third kappa shape index (κ3) is 7.79. The highest BCUT2D eigenvalue weighted by Crippen LogP contribution is 2.11. The Morgan fingerprint density at radius 1 is 1.63 bits per heavy atom. The summed E-state index contributed by atoms with van der Waals surface area (Å²) in [5.41, 5.74) is 2.88. The number of nitrogens with one attached hydrogen (secondary N) is 2. The molecule has 0 radical (unpaired) electrons. The van der Waals surface area contributed by atoms with Crippen molar-refractivity contribution in [3.05, 3.63) is 26.7 Å². The summed E-state index contributed by atoms with van der Waals surface area (Å²) in [5.74, 6) is 4.13. The Morgan fingerprint density at radius 2 is 2.47 bits per heavy atom. The standard InChI is InChI=1S/C11H16N4O2S2/c1-2-3-12-11(6-15(16)17)13-4-5-18-7-10-8-19-9-14-10/h1,8-9,11-13H,3-7H2. The van der Waals surface area contributed by atoms with Crippen molar-refractivity contribution in [2.24, 2.45) is 0 Å². The van der Waals surface area contributed by atoms with Crippen molar-refractivity contribution in [2.75, 3.05) is 25.4 Å². The molecule has 0 spiro atoms. The van der Waals surface area contributed by atoms with E-state index in [0.29, 0.717) is 13.1 Å². The molecule has 0 saturated heterocycles. The number of nitrogens with zero attached hydrogens (tertiary/aromatic N) is 2. The summed E-state index contributed by atoms with van der Waals surface area (Å²) < 4.78 is 0. The van der Waals surface area contributed by atoms with Crippen molar-refractivity contribution in [3.63, 3.8) is 0 Å². The highest BCUT2D eigenvalue weighted by atomic mass is 32.2. The first kappa shape index (κ1) is 15.9. The molecule has 0 fully saturated rings.